The van der Waals surface area contributed by atoms with E-state index < -0.39 is 0 Å². The summed E-state index contributed by atoms with van der Waals surface area (Å²) in [6.45, 7) is 5.17. The standard InChI is InChI=1S/C13H30NO/c1-4-5-6-8-11-14(2,3)12-9-7-10-13-15/h15H,4-13H2,1-3H3/q+1. The van der Waals surface area contributed by atoms with Gasteiger partial charge in [-0.1, -0.05) is 19.8 Å². The van der Waals surface area contributed by atoms with E-state index in [-0.39, 0.29) is 0 Å². The van der Waals surface area contributed by atoms with Gasteiger partial charge < -0.3 is 9.59 Å². The number of aliphatic hydroxyl groups is 1. The van der Waals surface area contributed by atoms with Crippen LogP contribution in [0, 0.1) is 0 Å². The van der Waals surface area contributed by atoms with E-state index in [1.54, 1.807) is 0 Å². The van der Waals surface area contributed by atoms with Crippen LogP contribution >= 0.6 is 0 Å². The largest absolute Gasteiger partial charge is 0.396 e. The second kappa shape index (κ2) is 9.17. The fourth-order valence-corrected chi connectivity index (χ4v) is 1.91. The molecule has 0 atom stereocenters. The van der Waals surface area contributed by atoms with Crippen LogP contribution in [0.25, 0.3) is 0 Å². The summed E-state index contributed by atoms with van der Waals surface area (Å²) in [5.41, 5.74) is 0. The van der Waals surface area contributed by atoms with Crippen molar-refractivity contribution in [1.82, 2.24) is 0 Å². The van der Waals surface area contributed by atoms with Crippen molar-refractivity contribution in [3.63, 3.8) is 0 Å². The second-order valence-corrected chi connectivity index (χ2v) is 5.23. The summed E-state index contributed by atoms with van der Waals surface area (Å²) in [5, 5.41) is 8.69. The first-order chi connectivity index (χ1) is 7.12. The predicted octanol–water partition coefficient (Wildman–Crippen LogP) is 2.81. The van der Waals surface area contributed by atoms with Gasteiger partial charge in [-0.2, -0.15) is 0 Å². The SMILES string of the molecule is CCCCCC[N+](C)(C)CCCCCO. The first kappa shape index (κ1) is 14.9. The van der Waals surface area contributed by atoms with Crippen LogP contribution in [-0.2, 0) is 0 Å². The molecule has 0 radical (unpaired) electrons. The van der Waals surface area contributed by atoms with Crippen molar-refractivity contribution in [2.24, 2.45) is 0 Å². The van der Waals surface area contributed by atoms with Gasteiger partial charge >= 0.3 is 0 Å². The minimum Gasteiger partial charge on any atom is -0.396 e. The van der Waals surface area contributed by atoms with Gasteiger partial charge in [-0.25, -0.2) is 0 Å². The normalized spacial score (nSPS) is 12.0. The fraction of sp³-hybridized carbons (Fsp3) is 1.00. The Morgan fingerprint density at radius 1 is 0.800 bits per heavy atom. The molecule has 0 fully saturated rings. The lowest BCUT2D eigenvalue weighted by atomic mass is 10.1. The van der Waals surface area contributed by atoms with E-state index in [1.807, 2.05) is 0 Å². The van der Waals surface area contributed by atoms with Gasteiger partial charge in [0.25, 0.3) is 0 Å². The number of aliphatic hydroxyl groups excluding tert-OH is 1. The maximum absolute atomic E-state index is 8.69. The zero-order valence-electron chi connectivity index (χ0n) is 11.0. The lowest BCUT2D eigenvalue weighted by molar-refractivity contribution is -0.890. The minimum absolute atomic E-state index is 0.351. The molecule has 0 amide bonds. The molecule has 0 aromatic rings. The number of hydrogen-bond donors (Lipinski definition) is 1. The molecule has 0 saturated carbocycles. The van der Waals surface area contributed by atoms with Crippen LogP contribution in [0.4, 0.5) is 0 Å². The Morgan fingerprint density at radius 2 is 1.33 bits per heavy atom. The van der Waals surface area contributed by atoms with Crippen LogP contribution in [-0.4, -0.2) is 43.4 Å². The third-order valence-electron chi connectivity index (χ3n) is 3.04. The number of nitrogens with zero attached hydrogens (tertiary/aromatic N) is 1. The fourth-order valence-electron chi connectivity index (χ4n) is 1.91. The smallest absolute Gasteiger partial charge is 0.0782 e. The Morgan fingerprint density at radius 3 is 1.80 bits per heavy atom. The average molecular weight is 216 g/mol. The van der Waals surface area contributed by atoms with E-state index in [0.29, 0.717) is 6.61 Å². The average Bonchev–Trinajstić information content (AvgIpc) is 2.20. The molecule has 0 aliphatic heterocycles. The Bertz CT molecular complexity index is 120. The number of hydrogen-bond acceptors (Lipinski definition) is 1. The monoisotopic (exact) mass is 216 g/mol. The van der Waals surface area contributed by atoms with E-state index in [9.17, 15) is 0 Å². The highest BCUT2D eigenvalue weighted by atomic mass is 16.2. The first-order valence-electron chi connectivity index (χ1n) is 6.55. The molecule has 0 rings (SSSR count). The van der Waals surface area contributed by atoms with E-state index in [1.165, 1.54) is 51.6 Å². The maximum atomic E-state index is 8.69. The molecule has 0 unspecified atom stereocenters. The van der Waals surface area contributed by atoms with Crippen LogP contribution in [0.2, 0.25) is 0 Å². The summed E-state index contributed by atoms with van der Waals surface area (Å²) in [4.78, 5) is 0. The molecule has 1 N–H and O–H groups in total. The van der Waals surface area contributed by atoms with Crippen LogP contribution in [0.1, 0.15) is 51.9 Å². The third kappa shape index (κ3) is 10.2. The molecule has 15 heavy (non-hydrogen) atoms. The van der Waals surface area contributed by atoms with Crippen LogP contribution in [0.3, 0.4) is 0 Å². The molecule has 92 valence electrons. The van der Waals surface area contributed by atoms with Crippen LogP contribution < -0.4 is 0 Å². The lowest BCUT2D eigenvalue weighted by Gasteiger charge is -2.29. The Labute approximate surface area is 95.9 Å². The van der Waals surface area contributed by atoms with E-state index >= 15 is 0 Å². The summed E-state index contributed by atoms with van der Waals surface area (Å²) in [6.07, 6.45) is 8.84. The molecule has 0 bridgehead atoms. The van der Waals surface area contributed by atoms with Gasteiger partial charge in [0.15, 0.2) is 0 Å². The van der Waals surface area contributed by atoms with Crippen molar-refractivity contribution in [3.05, 3.63) is 0 Å². The molecule has 0 saturated heterocycles. The number of unbranched alkanes of at least 4 members (excludes halogenated alkanes) is 5. The zero-order valence-corrected chi connectivity index (χ0v) is 11.0. The van der Waals surface area contributed by atoms with Crippen molar-refractivity contribution in [2.75, 3.05) is 33.8 Å². The van der Waals surface area contributed by atoms with Gasteiger partial charge in [0.1, 0.15) is 0 Å². The Hall–Kier alpha value is -0.0800. The van der Waals surface area contributed by atoms with Gasteiger partial charge in [-0.15, -0.1) is 0 Å². The maximum Gasteiger partial charge on any atom is 0.0782 e. The highest BCUT2D eigenvalue weighted by molar-refractivity contribution is 4.43. The quantitative estimate of drug-likeness (QED) is 0.440. The molecule has 0 aromatic carbocycles. The summed E-state index contributed by atoms with van der Waals surface area (Å²) in [7, 11) is 4.65. The molecule has 2 nitrogen and oxygen atoms in total. The second-order valence-electron chi connectivity index (χ2n) is 5.23. The van der Waals surface area contributed by atoms with Crippen molar-refractivity contribution in [2.45, 2.75) is 51.9 Å². The van der Waals surface area contributed by atoms with Gasteiger partial charge in [-0.3, -0.25) is 0 Å². The van der Waals surface area contributed by atoms with E-state index in [4.69, 9.17) is 5.11 Å². The number of rotatable bonds is 10. The summed E-state index contributed by atoms with van der Waals surface area (Å²) in [5.74, 6) is 0. The van der Waals surface area contributed by atoms with Crippen LogP contribution in [0.15, 0.2) is 0 Å². The molecular weight excluding hydrogens is 186 g/mol. The Balaban J connectivity index is 3.40. The lowest BCUT2D eigenvalue weighted by Crippen LogP contribution is -2.41. The third-order valence-corrected chi connectivity index (χ3v) is 3.04. The molecular formula is C13H30NO+. The summed E-state index contributed by atoms with van der Waals surface area (Å²) >= 11 is 0. The van der Waals surface area contributed by atoms with Crippen LogP contribution in [0.5, 0.6) is 0 Å². The van der Waals surface area contributed by atoms with Crippen molar-refractivity contribution in [1.29, 1.82) is 0 Å². The zero-order chi connectivity index (χ0) is 11.6. The summed E-state index contributed by atoms with van der Waals surface area (Å²) < 4.78 is 1.15. The molecule has 0 aliphatic carbocycles. The Kier molecular flexibility index (Phi) is 9.12. The number of quaternary nitrogens is 1. The van der Waals surface area contributed by atoms with Crippen molar-refractivity contribution < 1.29 is 9.59 Å². The minimum atomic E-state index is 0.351. The molecule has 2 heteroatoms. The highest BCUT2D eigenvalue weighted by Gasteiger charge is 2.13. The molecule has 0 heterocycles. The predicted molar refractivity (Wildman–Crippen MR) is 66.9 cm³/mol. The molecule has 0 aromatic heterocycles. The first-order valence-corrected chi connectivity index (χ1v) is 6.55. The van der Waals surface area contributed by atoms with Gasteiger partial charge in [-0.05, 0) is 32.1 Å². The molecule has 0 spiro atoms. The topological polar surface area (TPSA) is 20.2 Å². The highest BCUT2D eigenvalue weighted by Crippen LogP contribution is 2.08. The van der Waals surface area contributed by atoms with Gasteiger partial charge in [0.05, 0.1) is 27.2 Å². The van der Waals surface area contributed by atoms with E-state index in [0.717, 1.165) is 10.9 Å². The molecule has 0 aliphatic rings. The van der Waals surface area contributed by atoms with Crippen molar-refractivity contribution >= 4 is 0 Å². The van der Waals surface area contributed by atoms with Gasteiger partial charge in [0.2, 0.25) is 0 Å². The van der Waals surface area contributed by atoms with E-state index in [2.05, 4.69) is 21.0 Å². The summed E-state index contributed by atoms with van der Waals surface area (Å²) in [6, 6.07) is 0. The van der Waals surface area contributed by atoms with Crippen molar-refractivity contribution in [3.8, 4) is 0 Å². The van der Waals surface area contributed by atoms with Gasteiger partial charge in [0, 0.05) is 6.61 Å².